The zero-order chi connectivity index (χ0) is 37.0. The predicted octanol–water partition coefficient (Wildman–Crippen LogP) is 12.9. The van der Waals surface area contributed by atoms with E-state index in [0.717, 1.165) is 102 Å². The third-order valence-electron chi connectivity index (χ3n) is 11.3. The normalized spacial score (nSPS) is 13.1. The summed E-state index contributed by atoms with van der Waals surface area (Å²) in [6.07, 6.45) is 5.93. The molecular formula is C52H36N4. The fraction of sp³-hybridized carbons (Fsp3) is 0.0385. The van der Waals surface area contributed by atoms with Crippen molar-refractivity contribution in [3.8, 4) is 44.5 Å². The lowest BCUT2D eigenvalue weighted by Crippen LogP contribution is -2.05. The van der Waals surface area contributed by atoms with E-state index in [0.29, 0.717) is 0 Å². The van der Waals surface area contributed by atoms with Crippen LogP contribution in [0.15, 0.2) is 170 Å². The first-order chi connectivity index (χ1) is 27.8. The number of H-pyrrole nitrogens is 2. The molecule has 3 aliphatic rings. The van der Waals surface area contributed by atoms with E-state index in [1.807, 2.05) is 0 Å². The van der Waals surface area contributed by atoms with Crippen LogP contribution in [0.2, 0.25) is 0 Å². The van der Waals surface area contributed by atoms with Crippen molar-refractivity contribution in [1.29, 1.82) is 0 Å². The van der Waals surface area contributed by atoms with Gasteiger partial charge in [0.25, 0.3) is 0 Å². The molecule has 0 saturated carbocycles. The molecule has 3 aromatic heterocycles. The van der Waals surface area contributed by atoms with Gasteiger partial charge in [-0.15, -0.1) is 0 Å². The zero-order valence-electron chi connectivity index (χ0n) is 30.6. The summed E-state index contributed by atoms with van der Waals surface area (Å²) in [7, 11) is 0. The summed E-state index contributed by atoms with van der Waals surface area (Å²) < 4.78 is 0. The fourth-order valence-corrected chi connectivity index (χ4v) is 8.77. The van der Waals surface area contributed by atoms with Crippen molar-refractivity contribution >= 4 is 45.4 Å². The lowest BCUT2D eigenvalue weighted by atomic mass is 9.82. The first-order valence-electron chi connectivity index (χ1n) is 19.3. The minimum absolute atomic E-state index is 0.809. The van der Waals surface area contributed by atoms with Crippen LogP contribution in [-0.4, -0.2) is 19.9 Å². The largest absolute Gasteiger partial charge is 0.354 e. The molecule has 4 nitrogen and oxygen atoms in total. The van der Waals surface area contributed by atoms with Gasteiger partial charge in [0.05, 0.1) is 22.8 Å². The van der Waals surface area contributed by atoms with Gasteiger partial charge in [-0.3, -0.25) is 0 Å². The molecule has 0 radical (unpaired) electrons. The van der Waals surface area contributed by atoms with E-state index < -0.39 is 0 Å². The first-order valence-corrected chi connectivity index (χ1v) is 19.3. The Hall–Kier alpha value is -7.30. The highest BCUT2D eigenvalue weighted by molar-refractivity contribution is 6.07. The minimum atomic E-state index is 0.809. The molecular weight excluding hydrogens is 681 g/mol. The number of aromatic amines is 2. The average molecular weight is 717 g/mol. The number of nitrogens with zero attached hydrogens (tertiary/aromatic N) is 2. The smallest absolute Gasteiger partial charge is 0.0775 e. The average Bonchev–Trinajstić information content (AvgIpc) is 4.09. The molecule has 0 fully saturated rings. The van der Waals surface area contributed by atoms with Gasteiger partial charge in [0.2, 0.25) is 0 Å². The van der Waals surface area contributed by atoms with Gasteiger partial charge in [-0.1, -0.05) is 146 Å². The van der Waals surface area contributed by atoms with Gasteiger partial charge in [0.15, 0.2) is 0 Å². The molecule has 56 heavy (non-hydrogen) atoms. The van der Waals surface area contributed by atoms with E-state index in [1.54, 1.807) is 0 Å². The number of fused-ring (bicyclic) bond motifs is 11. The van der Waals surface area contributed by atoms with Crippen molar-refractivity contribution in [2.24, 2.45) is 0 Å². The summed E-state index contributed by atoms with van der Waals surface area (Å²) in [5.41, 5.74) is 21.9. The van der Waals surface area contributed by atoms with Crippen LogP contribution in [0.25, 0.3) is 89.9 Å². The van der Waals surface area contributed by atoms with E-state index in [9.17, 15) is 0 Å². The number of benzene rings is 5. The summed E-state index contributed by atoms with van der Waals surface area (Å²) >= 11 is 0. The number of allylic oxidation sites excluding steroid dienone is 2. The summed E-state index contributed by atoms with van der Waals surface area (Å²) in [5.74, 6) is 0. The summed E-state index contributed by atoms with van der Waals surface area (Å²) in [6, 6.07) is 60.4. The molecule has 0 unspecified atom stereocenters. The molecule has 4 heteroatoms. The van der Waals surface area contributed by atoms with Gasteiger partial charge in [-0.05, 0) is 80.9 Å². The molecule has 2 N–H and O–H groups in total. The van der Waals surface area contributed by atoms with Crippen molar-refractivity contribution in [1.82, 2.24) is 19.9 Å². The molecule has 0 amide bonds. The SMILES string of the molecule is C1=Cc2nc1c(-c1ccccc1)c1ccc([nH]1)c(-c1ccccc1)c1nc(c(-c3ccccc3)c3ccc([nH]3)c2-c2ccccc2)C2=C1Cc1ccccc1C2. The second-order valence-electron chi connectivity index (χ2n) is 14.6. The number of hydrogen-bond acceptors (Lipinski definition) is 2. The van der Waals surface area contributed by atoms with Crippen LogP contribution < -0.4 is 0 Å². The number of rotatable bonds is 4. The van der Waals surface area contributed by atoms with Crippen molar-refractivity contribution in [3.63, 3.8) is 0 Å². The van der Waals surface area contributed by atoms with Crippen molar-refractivity contribution in [2.75, 3.05) is 0 Å². The Balaban J connectivity index is 1.36. The third-order valence-corrected chi connectivity index (χ3v) is 11.3. The van der Waals surface area contributed by atoms with Gasteiger partial charge in [-0.2, -0.15) is 0 Å². The van der Waals surface area contributed by atoms with Gasteiger partial charge in [-0.25, -0.2) is 9.97 Å². The van der Waals surface area contributed by atoms with Gasteiger partial charge in [0.1, 0.15) is 0 Å². The fourth-order valence-electron chi connectivity index (χ4n) is 8.77. The maximum absolute atomic E-state index is 5.81. The van der Waals surface area contributed by atoms with E-state index in [4.69, 9.17) is 9.97 Å². The number of aromatic nitrogens is 4. The Morgan fingerprint density at radius 2 is 0.643 bits per heavy atom. The van der Waals surface area contributed by atoms with E-state index >= 15 is 0 Å². The molecule has 8 bridgehead atoms. The van der Waals surface area contributed by atoms with Crippen molar-refractivity contribution in [2.45, 2.75) is 12.8 Å². The van der Waals surface area contributed by atoms with Crippen LogP contribution in [-0.2, 0) is 12.8 Å². The third kappa shape index (κ3) is 5.38. The predicted molar refractivity (Wildman–Crippen MR) is 232 cm³/mol. The second-order valence-corrected chi connectivity index (χ2v) is 14.6. The molecule has 0 saturated heterocycles. The molecule has 11 rings (SSSR count). The molecule has 1 aliphatic carbocycles. The maximum Gasteiger partial charge on any atom is 0.0775 e. The summed E-state index contributed by atoms with van der Waals surface area (Å²) in [5, 5.41) is 0. The molecule has 0 atom stereocenters. The van der Waals surface area contributed by atoms with Gasteiger partial charge < -0.3 is 9.97 Å². The van der Waals surface area contributed by atoms with Crippen LogP contribution in [0, 0.1) is 0 Å². The number of nitrogens with one attached hydrogen (secondary N) is 2. The Bertz CT molecular complexity index is 2840. The van der Waals surface area contributed by atoms with Crippen LogP contribution in [0.3, 0.4) is 0 Å². The van der Waals surface area contributed by atoms with Crippen LogP contribution in [0.1, 0.15) is 33.9 Å². The topological polar surface area (TPSA) is 57.4 Å². The molecule has 264 valence electrons. The molecule has 2 aliphatic heterocycles. The standard InChI is InChI=1S/C52H36N4/c1-5-15-33(16-6-1)47-41-25-26-42(53-41)48(34-17-7-2-8-18-34)44-28-30-46(55-44)50(36-21-11-4-12-22-36)52-40-32-38-24-14-13-23-37(38)31-39(40)51(56-52)49(35-19-9-3-10-20-35)45-29-27-43(47)54-45/h1-30,54-55H,31-32H2. The second kappa shape index (κ2) is 13.2. The summed E-state index contributed by atoms with van der Waals surface area (Å²) in [6.45, 7) is 0. The highest BCUT2D eigenvalue weighted by Gasteiger charge is 2.31. The molecule has 5 aromatic carbocycles. The molecule has 8 aromatic rings. The van der Waals surface area contributed by atoms with E-state index in [-0.39, 0.29) is 0 Å². The van der Waals surface area contributed by atoms with Crippen LogP contribution >= 0.6 is 0 Å². The Kier molecular flexibility index (Phi) is 7.59. The highest BCUT2D eigenvalue weighted by Crippen LogP contribution is 2.47. The maximum atomic E-state index is 5.81. The Labute approximate surface area is 325 Å². The highest BCUT2D eigenvalue weighted by atomic mass is 14.8. The molecule has 5 heterocycles. The minimum Gasteiger partial charge on any atom is -0.354 e. The van der Waals surface area contributed by atoms with Crippen molar-refractivity contribution < 1.29 is 0 Å². The summed E-state index contributed by atoms with van der Waals surface area (Å²) in [4.78, 5) is 19.1. The number of hydrogen-bond donors (Lipinski definition) is 2. The van der Waals surface area contributed by atoms with Crippen molar-refractivity contribution in [3.05, 3.63) is 204 Å². The molecule has 0 spiro atoms. The lowest BCUT2D eigenvalue weighted by molar-refractivity contribution is 1.13. The first kappa shape index (κ1) is 32.2. The van der Waals surface area contributed by atoms with Gasteiger partial charge >= 0.3 is 0 Å². The quantitative estimate of drug-likeness (QED) is 0.190. The monoisotopic (exact) mass is 716 g/mol. The Morgan fingerprint density at radius 3 is 1.02 bits per heavy atom. The van der Waals surface area contributed by atoms with Crippen LogP contribution in [0.4, 0.5) is 0 Å². The lowest BCUT2D eigenvalue weighted by Gasteiger charge is -2.20. The van der Waals surface area contributed by atoms with E-state index in [1.165, 1.54) is 22.3 Å². The zero-order valence-corrected chi connectivity index (χ0v) is 30.6. The Morgan fingerprint density at radius 1 is 0.321 bits per heavy atom. The van der Waals surface area contributed by atoms with Crippen LogP contribution in [0.5, 0.6) is 0 Å². The van der Waals surface area contributed by atoms with Gasteiger partial charge in [0, 0.05) is 57.2 Å². The van der Waals surface area contributed by atoms with E-state index in [2.05, 4.69) is 192 Å².